The summed E-state index contributed by atoms with van der Waals surface area (Å²) in [6.07, 6.45) is -9.17. The molecule has 4 nitrogen and oxygen atoms in total. The maximum Gasteiger partial charge on any atom is 0.416 e. The van der Waals surface area contributed by atoms with Crippen LogP contribution in [0.4, 0.5) is 32.0 Å². The Morgan fingerprint density at radius 3 is 1.40 bits per heavy atom. The van der Waals surface area contributed by atoms with Crippen LogP contribution < -0.4 is 0 Å². The predicted molar refractivity (Wildman–Crippen MR) is 191 cm³/mol. The molecule has 0 spiro atoms. The van der Waals surface area contributed by atoms with Gasteiger partial charge in [0.05, 0.1) is 51.4 Å². The number of rotatable bonds is 3. The maximum atomic E-state index is 14.0. The minimum absolute atomic E-state index is 0.183. The Kier molecular flexibility index (Phi) is 7.23. The third kappa shape index (κ3) is 5.15. The number of alkyl halides is 6. The van der Waals surface area contributed by atoms with Crippen molar-refractivity contribution in [1.82, 2.24) is 9.13 Å². The molecule has 0 aliphatic rings. The van der Waals surface area contributed by atoms with Crippen LogP contribution in [-0.2, 0) is 12.4 Å². The quantitative estimate of drug-likeness (QED) is 0.134. The van der Waals surface area contributed by atoms with Crippen molar-refractivity contribution < 1.29 is 26.3 Å². The van der Waals surface area contributed by atoms with E-state index in [0.717, 1.165) is 46.2 Å². The molecule has 0 aliphatic carbocycles. The highest BCUT2D eigenvalue weighted by molar-refractivity contribution is 6.11. The molecule has 0 saturated heterocycles. The van der Waals surface area contributed by atoms with Gasteiger partial charge in [-0.3, -0.25) is 0 Å². The molecular weight excluding hydrogens is 674 g/mol. The van der Waals surface area contributed by atoms with E-state index in [-0.39, 0.29) is 11.3 Å². The Morgan fingerprint density at radius 1 is 0.538 bits per heavy atom. The maximum absolute atomic E-state index is 14.0. The van der Waals surface area contributed by atoms with Crippen LogP contribution in [0.5, 0.6) is 0 Å². The number of aromatic nitrogens is 2. The lowest BCUT2D eigenvalue weighted by Crippen LogP contribution is -2.05. The van der Waals surface area contributed by atoms with E-state index in [1.807, 2.05) is 50.2 Å². The lowest BCUT2D eigenvalue weighted by Gasteiger charge is -2.16. The number of hydrogen-bond donors (Lipinski definition) is 0. The van der Waals surface area contributed by atoms with E-state index in [4.69, 9.17) is 6.57 Å². The molecule has 10 heteroatoms. The SMILES string of the molecule is [C-]#[N+]c1ccc(-n2c3cc(C)ccc3c3ccc(C(F)(F)F)cc32)cc1-c1cc(-n2c3cc(C)ccc3c3ccc(C(F)(F)F)cc32)ccc1C#N. The summed E-state index contributed by atoms with van der Waals surface area (Å²) in [7, 11) is 0. The van der Waals surface area contributed by atoms with Crippen molar-refractivity contribution in [1.29, 1.82) is 5.26 Å². The Balaban J connectivity index is 1.41. The summed E-state index contributed by atoms with van der Waals surface area (Å²) in [5.74, 6) is 0. The molecule has 0 fully saturated rings. The van der Waals surface area contributed by atoms with E-state index >= 15 is 0 Å². The number of aryl methyl sites for hydroxylation is 2. The first-order valence-electron chi connectivity index (χ1n) is 16.1. The van der Waals surface area contributed by atoms with Crippen LogP contribution in [0.1, 0.15) is 27.8 Å². The number of benzene rings is 6. The van der Waals surface area contributed by atoms with E-state index in [0.29, 0.717) is 55.3 Å². The minimum Gasteiger partial charge on any atom is -0.309 e. The van der Waals surface area contributed by atoms with Crippen molar-refractivity contribution in [3.05, 3.63) is 148 Å². The van der Waals surface area contributed by atoms with Gasteiger partial charge in [-0.05, 0) is 103 Å². The van der Waals surface area contributed by atoms with Crippen LogP contribution in [0, 0.1) is 31.8 Å². The Labute approximate surface area is 292 Å². The van der Waals surface area contributed by atoms with Crippen molar-refractivity contribution in [3.8, 4) is 28.6 Å². The molecule has 6 aromatic carbocycles. The first kappa shape index (κ1) is 32.7. The summed E-state index contributed by atoms with van der Waals surface area (Å²) in [5, 5.41) is 13.0. The van der Waals surface area contributed by atoms with Gasteiger partial charge in [-0.1, -0.05) is 42.5 Å². The fraction of sp³-hybridized carbons (Fsp3) is 0.0952. The fourth-order valence-electron chi connectivity index (χ4n) is 7.13. The zero-order valence-corrected chi connectivity index (χ0v) is 27.4. The topological polar surface area (TPSA) is 38.0 Å². The molecular formula is C42H24F6N4. The third-order valence-corrected chi connectivity index (χ3v) is 9.53. The number of nitriles is 1. The second kappa shape index (κ2) is 11.5. The van der Waals surface area contributed by atoms with Crippen LogP contribution in [-0.4, -0.2) is 9.13 Å². The lowest BCUT2D eigenvalue weighted by atomic mass is 9.97. The van der Waals surface area contributed by atoms with Gasteiger partial charge in [0.15, 0.2) is 5.69 Å². The number of fused-ring (bicyclic) bond motifs is 6. The van der Waals surface area contributed by atoms with Crippen molar-refractivity contribution >= 4 is 49.3 Å². The van der Waals surface area contributed by atoms with Gasteiger partial charge in [0.25, 0.3) is 0 Å². The monoisotopic (exact) mass is 698 g/mol. The second-order valence-corrected chi connectivity index (χ2v) is 12.8. The molecule has 52 heavy (non-hydrogen) atoms. The average molecular weight is 699 g/mol. The largest absolute Gasteiger partial charge is 0.416 e. The molecule has 8 aromatic rings. The van der Waals surface area contributed by atoms with E-state index in [2.05, 4.69) is 10.9 Å². The lowest BCUT2D eigenvalue weighted by molar-refractivity contribution is -0.138. The van der Waals surface area contributed by atoms with Gasteiger partial charge in [-0.15, -0.1) is 0 Å². The summed E-state index contributed by atoms with van der Waals surface area (Å²) in [4.78, 5) is 3.72. The van der Waals surface area contributed by atoms with Crippen molar-refractivity contribution in [3.63, 3.8) is 0 Å². The zero-order valence-electron chi connectivity index (χ0n) is 27.4. The smallest absolute Gasteiger partial charge is 0.309 e. The van der Waals surface area contributed by atoms with Crippen LogP contribution in [0.3, 0.4) is 0 Å². The molecule has 0 saturated carbocycles. The second-order valence-electron chi connectivity index (χ2n) is 12.8. The van der Waals surface area contributed by atoms with E-state index < -0.39 is 23.5 Å². The summed E-state index contributed by atoms with van der Waals surface area (Å²) >= 11 is 0. The van der Waals surface area contributed by atoms with Gasteiger partial charge >= 0.3 is 12.4 Å². The predicted octanol–water partition coefficient (Wildman–Crippen LogP) is 12.6. The first-order chi connectivity index (χ1) is 24.8. The molecule has 0 aliphatic heterocycles. The number of halogens is 6. The Hall–Kier alpha value is -6.52. The molecule has 2 heterocycles. The van der Waals surface area contributed by atoms with Crippen molar-refractivity contribution in [2.45, 2.75) is 26.2 Å². The van der Waals surface area contributed by atoms with Gasteiger partial charge in [0.2, 0.25) is 0 Å². The highest BCUT2D eigenvalue weighted by Crippen LogP contribution is 2.42. The molecule has 254 valence electrons. The van der Waals surface area contributed by atoms with Gasteiger partial charge < -0.3 is 9.13 Å². The first-order valence-corrected chi connectivity index (χ1v) is 16.1. The molecule has 0 N–H and O–H groups in total. The average Bonchev–Trinajstić information content (AvgIpc) is 3.61. The van der Waals surface area contributed by atoms with Gasteiger partial charge in [-0.25, -0.2) is 4.85 Å². The van der Waals surface area contributed by atoms with Gasteiger partial charge in [0, 0.05) is 32.9 Å². The van der Waals surface area contributed by atoms with Crippen LogP contribution in [0.25, 0.3) is 71.0 Å². The van der Waals surface area contributed by atoms with E-state index in [1.54, 1.807) is 45.5 Å². The molecule has 0 atom stereocenters. The summed E-state index contributed by atoms with van der Waals surface area (Å²) in [5.41, 5.74) is 4.09. The van der Waals surface area contributed by atoms with Crippen molar-refractivity contribution in [2.24, 2.45) is 0 Å². The molecule has 0 amide bonds. The summed E-state index contributed by atoms with van der Waals surface area (Å²) in [6, 6.07) is 30.4. The van der Waals surface area contributed by atoms with Crippen LogP contribution in [0.2, 0.25) is 0 Å². The number of hydrogen-bond acceptors (Lipinski definition) is 1. The summed E-state index contributed by atoms with van der Waals surface area (Å²) < 4.78 is 87.2. The van der Waals surface area contributed by atoms with Gasteiger partial charge in [-0.2, -0.15) is 31.6 Å². The van der Waals surface area contributed by atoms with Crippen LogP contribution >= 0.6 is 0 Å². The number of nitrogens with zero attached hydrogens (tertiary/aromatic N) is 4. The molecule has 0 bridgehead atoms. The molecule has 2 aromatic heterocycles. The zero-order chi connectivity index (χ0) is 36.7. The fourth-order valence-corrected chi connectivity index (χ4v) is 7.13. The Bertz CT molecular complexity index is 2680. The highest BCUT2D eigenvalue weighted by Gasteiger charge is 2.32. The van der Waals surface area contributed by atoms with E-state index in [9.17, 15) is 31.6 Å². The van der Waals surface area contributed by atoms with Gasteiger partial charge in [0.1, 0.15) is 0 Å². The molecule has 0 unspecified atom stereocenters. The third-order valence-electron chi connectivity index (χ3n) is 9.53. The van der Waals surface area contributed by atoms with E-state index in [1.165, 1.54) is 12.1 Å². The summed E-state index contributed by atoms with van der Waals surface area (Å²) in [6.45, 7) is 11.8. The highest BCUT2D eigenvalue weighted by atomic mass is 19.4. The Morgan fingerprint density at radius 2 is 0.962 bits per heavy atom. The minimum atomic E-state index is -4.58. The van der Waals surface area contributed by atoms with Crippen molar-refractivity contribution in [2.75, 3.05) is 0 Å². The standard InChI is InChI=1S/C42H24F6N4/c1-23-4-11-30-32-13-7-26(41(43,44)45)18-39(32)51(37(30)16-23)28-9-6-25(22-49)34(20-28)35-21-29(10-15-36(35)50-3)52-38-17-24(2)5-12-31(38)33-14-8-27(19-40(33)52)42(46,47)48/h4-21H,1-2H3. The van der Waals surface area contributed by atoms with Crippen LogP contribution in [0.15, 0.2) is 109 Å². The molecule has 0 radical (unpaired) electrons. The molecule has 8 rings (SSSR count). The normalized spacial score (nSPS) is 12.2.